The fraction of sp³-hybridized carbons (Fsp3) is 0.0476. The lowest BCUT2D eigenvalue weighted by atomic mass is 10.1. The lowest BCUT2D eigenvalue weighted by Crippen LogP contribution is -2.13. The number of aryl methyl sites for hydroxylation is 1. The highest BCUT2D eigenvalue weighted by Crippen LogP contribution is 2.32. The number of amides is 1. The van der Waals surface area contributed by atoms with Crippen LogP contribution in [0.4, 0.5) is 17.1 Å². The quantitative estimate of drug-likeness (QED) is 0.340. The van der Waals surface area contributed by atoms with Gasteiger partial charge in [0.2, 0.25) is 5.75 Å². The molecule has 3 aromatic rings. The minimum atomic E-state index is -0.722. The number of hydrogen-bond acceptors (Lipinski definition) is 5. The molecule has 0 fully saturated rings. The molecule has 146 valence electrons. The van der Waals surface area contributed by atoms with E-state index in [1.165, 1.54) is 12.3 Å². The van der Waals surface area contributed by atoms with Crippen molar-refractivity contribution >= 4 is 40.8 Å². The van der Waals surface area contributed by atoms with Crippen molar-refractivity contribution in [1.29, 1.82) is 0 Å². The number of aliphatic imine (C=N–C) groups is 1. The van der Waals surface area contributed by atoms with E-state index in [0.717, 1.165) is 11.6 Å². The largest absolute Gasteiger partial charge is 0.502 e. The Labute approximate surface area is 171 Å². The Morgan fingerprint density at radius 2 is 1.93 bits per heavy atom. The summed E-state index contributed by atoms with van der Waals surface area (Å²) in [5.41, 5.74) is 2.05. The number of nitrogens with zero attached hydrogens (tertiary/aromatic N) is 2. The predicted octanol–water partition coefficient (Wildman–Crippen LogP) is 5.27. The number of carbonyl (C=O) groups excluding carboxylic acids is 1. The van der Waals surface area contributed by atoms with Crippen LogP contribution in [0.2, 0.25) is 5.02 Å². The van der Waals surface area contributed by atoms with Gasteiger partial charge in [-0.3, -0.25) is 19.9 Å². The number of nitro benzene ring substituents is 1. The molecule has 0 aromatic heterocycles. The van der Waals surface area contributed by atoms with Gasteiger partial charge in [0, 0.05) is 34.1 Å². The minimum Gasteiger partial charge on any atom is -0.502 e. The first-order valence-corrected chi connectivity index (χ1v) is 8.91. The molecule has 2 N–H and O–H groups in total. The predicted molar refractivity (Wildman–Crippen MR) is 113 cm³/mol. The Kier molecular flexibility index (Phi) is 5.90. The normalized spacial score (nSPS) is 10.8. The SMILES string of the molecule is Cc1ccccc1C(=O)Nc1cccc(N=Cc2cc(Cl)cc([N+](=O)[O-])c2O)c1. The van der Waals surface area contributed by atoms with Gasteiger partial charge in [0.25, 0.3) is 5.91 Å². The molecule has 3 aromatic carbocycles. The molecule has 0 bridgehead atoms. The van der Waals surface area contributed by atoms with E-state index in [-0.39, 0.29) is 16.5 Å². The molecular weight excluding hydrogens is 394 g/mol. The second-order valence-electron chi connectivity index (χ2n) is 6.20. The Morgan fingerprint density at radius 3 is 2.66 bits per heavy atom. The monoisotopic (exact) mass is 409 g/mol. The van der Waals surface area contributed by atoms with Crippen LogP contribution in [0.15, 0.2) is 65.7 Å². The lowest BCUT2D eigenvalue weighted by molar-refractivity contribution is -0.385. The maximum atomic E-state index is 12.4. The molecule has 7 nitrogen and oxygen atoms in total. The van der Waals surface area contributed by atoms with E-state index in [1.807, 2.05) is 19.1 Å². The van der Waals surface area contributed by atoms with Crippen LogP contribution in [0, 0.1) is 17.0 Å². The number of nitro groups is 1. The van der Waals surface area contributed by atoms with Gasteiger partial charge in [-0.2, -0.15) is 0 Å². The molecule has 0 heterocycles. The Balaban J connectivity index is 1.83. The standard InChI is InChI=1S/C21H16ClN3O4/c1-13-5-2-3-8-18(13)21(27)24-17-7-4-6-16(11-17)23-12-14-9-15(22)10-19(20(14)26)25(28)29/h2-12,26H,1H3,(H,24,27). The van der Waals surface area contributed by atoms with E-state index in [2.05, 4.69) is 10.3 Å². The highest BCUT2D eigenvalue weighted by molar-refractivity contribution is 6.31. The molecule has 29 heavy (non-hydrogen) atoms. The first kappa shape index (κ1) is 20.0. The third-order valence-corrected chi connectivity index (χ3v) is 4.35. The van der Waals surface area contributed by atoms with Crippen LogP contribution < -0.4 is 5.32 Å². The second kappa shape index (κ2) is 8.53. The van der Waals surface area contributed by atoms with Gasteiger partial charge in [-0.05, 0) is 42.8 Å². The second-order valence-corrected chi connectivity index (χ2v) is 6.63. The Morgan fingerprint density at radius 1 is 1.17 bits per heavy atom. The summed E-state index contributed by atoms with van der Waals surface area (Å²) >= 11 is 5.88. The van der Waals surface area contributed by atoms with E-state index >= 15 is 0 Å². The number of nitrogens with one attached hydrogen (secondary N) is 1. The summed E-state index contributed by atoms with van der Waals surface area (Å²) in [7, 11) is 0. The molecule has 0 atom stereocenters. The van der Waals surface area contributed by atoms with Gasteiger partial charge >= 0.3 is 5.69 Å². The summed E-state index contributed by atoms with van der Waals surface area (Å²) < 4.78 is 0. The molecule has 0 saturated heterocycles. The van der Waals surface area contributed by atoms with Crippen molar-refractivity contribution in [2.45, 2.75) is 6.92 Å². The van der Waals surface area contributed by atoms with Gasteiger partial charge in [0.05, 0.1) is 10.6 Å². The van der Waals surface area contributed by atoms with E-state index < -0.39 is 16.4 Å². The summed E-state index contributed by atoms with van der Waals surface area (Å²) in [4.78, 5) is 26.9. The van der Waals surface area contributed by atoms with E-state index in [0.29, 0.717) is 16.9 Å². The van der Waals surface area contributed by atoms with Gasteiger partial charge < -0.3 is 10.4 Å². The zero-order valence-electron chi connectivity index (χ0n) is 15.3. The van der Waals surface area contributed by atoms with E-state index in [1.54, 1.807) is 36.4 Å². The average Bonchev–Trinajstić information content (AvgIpc) is 2.68. The molecule has 8 heteroatoms. The number of phenols is 1. The van der Waals surface area contributed by atoms with Crippen molar-refractivity contribution in [3.05, 3.63) is 92.5 Å². The summed E-state index contributed by atoms with van der Waals surface area (Å²) in [6.07, 6.45) is 1.27. The summed E-state index contributed by atoms with van der Waals surface area (Å²) in [5, 5.41) is 23.9. The van der Waals surface area contributed by atoms with Crippen LogP contribution in [0.5, 0.6) is 5.75 Å². The first-order valence-electron chi connectivity index (χ1n) is 8.53. The number of hydrogen-bond donors (Lipinski definition) is 2. The van der Waals surface area contributed by atoms with Crippen molar-refractivity contribution in [3.8, 4) is 5.75 Å². The third-order valence-electron chi connectivity index (χ3n) is 4.13. The third kappa shape index (κ3) is 4.77. The smallest absolute Gasteiger partial charge is 0.312 e. The zero-order chi connectivity index (χ0) is 21.0. The molecule has 1 amide bonds. The van der Waals surface area contributed by atoms with Crippen molar-refractivity contribution in [2.75, 3.05) is 5.32 Å². The maximum Gasteiger partial charge on any atom is 0.312 e. The Bertz CT molecular complexity index is 1130. The first-order chi connectivity index (χ1) is 13.8. The number of phenolic OH excluding ortho intramolecular Hbond substituents is 1. The number of rotatable bonds is 5. The fourth-order valence-corrected chi connectivity index (χ4v) is 2.90. The lowest BCUT2D eigenvalue weighted by Gasteiger charge is -2.08. The number of benzene rings is 3. The van der Waals surface area contributed by atoms with E-state index in [9.17, 15) is 20.0 Å². The van der Waals surface area contributed by atoms with Crippen molar-refractivity contribution < 1.29 is 14.8 Å². The molecule has 0 saturated carbocycles. The summed E-state index contributed by atoms with van der Waals surface area (Å²) in [6, 6.07) is 16.4. The molecule has 0 aliphatic carbocycles. The summed E-state index contributed by atoms with van der Waals surface area (Å²) in [5.74, 6) is -0.764. The molecular formula is C21H16ClN3O4. The number of halogens is 1. The van der Waals surface area contributed by atoms with Crippen LogP contribution in [0.3, 0.4) is 0 Å². The van der Waals surface area contributed by atoms with Crippen LogP contribution in [0.1, 0.15) is 21.5 Å². The fourth-order valence-electron chi connectivity index (χ4n) is 2.68. The molecule has 0 aliphatic rings. The van der Waals surface area contributed by atoms with Crippen LogP contribution >= 0.6 is 11.6 Å². The van der Waals surface area contributed by atoms with Gasteiger partial charge in [0.1, 0.15) is 0 Å². The van der Waals surface area contributed by atoms with Crippen molar-refractivity contribution in [1.82, 2.24) is 0 Å². The maximum absolute atomic E-state index is 12.4. The van der Waals surface area contributed by atoms with Gasteiger partial charge in [0.15, 0.2) is 0 Å². The average molecular weight is 410 g/mol. The van der Waals surface area contributed by atoms with Crippen molar-refractivity contribution in [3.63, 3.8) is 0 Å². The molecule has 0 aliphatic heterocycles. The van der Waals surface area contributed by atoms with Gasteiger partial charge in [-0.15, -0.1) is 0 Å². The van der Waals surface area contributed by atoms with Crippen LogP contribution in [-0.4, -0.2) is 22.2 Å². The minimum absolute atomic E-state index is 0.107. The number of anilines is 1. The van der Waals surface area contributed by atoms with Crippen LogP contribution in [-0.2, 0) is 0 Å². The molecule has 0 spiro atoms. The number of carbonyl (C=O) groups is 1. The van der Waals surface area contributed by atoms with Crippen molar-refractivity contribution in [2.24, 2.45) is 4.99 Å². The van der Waals surface area contributed by atoms with Gasteiger partial charge in [-0.25, -0.2) is 0 Å². The van der Waals surface area contributed by atoms with Gasteiger partial charge in [-0.1, -0.05) is 35.9 Å². The van der Waals surface area contributed by atoms with Crippen LogP contribution in [0.25, 0.3) is 0 Å². The molecule has 0 radical (unpaired) electrons. The van der Waals surface area contributed by atoms with E-state index in [4.69, 9.17) is 11.6 Å². The highest BCUT2D eigenvalue weighted by Gasteiger charge is 2.17. The molecule has 0 unspecified atom stereocenters. The number of aromatic hydroxyl groups is 1. The Hall–Kier alpha value is -3.71. The zero-order valence-corrected chi connectivity index (χ0v) is 16.1. The molecule has 3 rings (SSSR count). The summed E-state index contributed by atoms with van der Waals surface area (Å²) in [6.45, 7) is 1.85. The topological polar surface area (TPSA) is 105 Å². The highest BCUT2D eigenvalue weighted by atomic mass is 35.5.